The molecule has 0 amide bonds. The number of hydrogen-bond acceptors (Lipinski definition) is 7. The topological polar surface area (TPSA) is 103 Å². The highest BCUT2D eigenvalue weighted by Crippen LogP contribution is 2.19. The quantitative estimate of drug-likeness (QED) is 0.421. The molecule has 0 radical (unpaired) electrons. The van der Waals surface area contributed by atoms with Crippen molar-refractivity contribution < 1.29 is 27.5 Å². The molecule has 27 heavy (non-hydrogen) atoms. The summed E-state index contributed by atoms with van der Waals surface area (Å²) in [5, 5.41) is 34.1. The van der Waals surface area contributed by atoms with Gasteiger partial charge in [-0.1, -0.05) is 24.3 Å². The first-order chi connectivity index (χ1) is 13.7. The second-order valence-corrected chi connectivity index (χ2v) is 5.58. The predicted molar refractivity (Wildman–Crippen MR) is 105 cm³/mol. The number of likely N-dealkylation sites (N-methyl/N-ethyl adjacent to an activating group) is 2. The first kappa shape index (κ1) is 19.6. The van der Waals surface area contributed by atoms with Gasteiger partial charge in [-0.25, -0.2) is 0 Å². The number of phenolic OH excluding ortho intramolecular Hbond substituents is 1. The number of methoxy groups -OCH3 is 1. The third-order valence-electron chi connectivity index (χ3n) is 3.38. The van der Waals surface area contributed by atoms with E-state index in [4.69, 9.17) is 17.3 Å². The van der Waals surface area contributed by atoms with Crippen LogP contribution >= 0.6 is 0 Å². The van der Waals surface area contributed by atoms with Crippen molar-refractivity contribution in [1.29, 1.82) is 0 Å². The third-order valence-corrected chi connectivity index (χ3v) is 3.38. The van der Waals surface area contributed by atoms with Gasteiger partial charge < -0.3 is 35.4 Å². The van der Waals surface area contributed by atoms with Crippen molar-refractivity contribution in [3.63, 3.8) is 0 Å². The molecule has 0 aliphatic rings. The average molecular weight is 380 g/mol. The highest BCUT2D eigenvalue weighted by molar-refractivity contribution is 5.30. The van der Waals surface area contributed by atoms with E-state index in [0.29, 0.717) is 16.9 Å². The van der Waals surface area contributed by atoms with Crippen molar-refractivity contribution in [2.75, 3.05) is 41.1 Å². The summed E-state index contributed by atoms with van der Waals surface area (Å²) in [6, 6.07) is 12.9. The van der Waals surface area contributed by atoms with Crippen molar-refractivity contribution in [3.05, 3.63) is 59.7 Å². The van der Waals surface area contributed by atoms with E-state index in [1.807, 2.05) is 0 Å². The second-order valence-electron chi connectivity index (χ2n) is 5.58. The Bertz CT molecular complexity index is 744. The van der Waals surface area contributed by atoms with Gasteiger partial charge in [-0.2, -0.15) is 0 Å². The van der Waals surface area contributed by atoms with E-state index in [-0.39, 0.29) is 25.6 Å². The zero-order valence-electron chi connectivity index (χ0n) is 17.9. The van der Waals surface area contributed by atoms with Crippen LogP contribution in [0.25, 0.3) is 0 Å². The van der Waals surface area contributed by atoms with Gasteiger partial charge in [0.05, 0.1) is 14.9 Å². The van der Waals surface area contributed by atoms with Gasteiger partial charge in [0.15, 0.2) is 6.79 Å². The van der Waals surface area contributed by atoms with Gasteiger partial charge in [0.2, 0.25) is 0 Å². The smallest absolute Gasteiger partial charge is 0.188 e. The molecule has 7 heteroatoms. The van der Waals surface area contributed by atoms with Gasteiger partial charge in [-0.05, 0) is 49.5 Å². The summed E-state index contributed by atoms with van der Waals surface area (Å²) in [6.45, 7) is 0.420. The zero-order chi connectivity index (χ0) is 21.9. The molecule has 150 valence electrons. The van der Waals surface area contributed by atoms with Crippen LogP contribution in [0.5, 0.6) is 11.5 Å². The normalized spacial score (nSPS) is 16.0. The fourth-order valence-electron chi connectivity index (χ4n) is 2.12. The highest BCUT2D eigenvalue weighted by Gasteiger charge is 2.07. The van der Waals surface area contributed by atoms with Gasteiger partial charge in [-0.3, -0.25) is 0 Å². The van der Waals surface area contributed by atoms with Crippen LogP contribution in [-0.4, -0.2) is 56.4 Å². The predicted octanol–water partition coefficient (Wildman–Crippen LogP) is 1.57. The van der Waals surface area contributed by atoms with E-state index in [9.17, 15) is 10.2 Å². The number of rotatable bonds is 9. The van der Waals surface area contributed by atoms with Crippen LogP contribution in [0.3, 0.4) is 0 Å². The molecule has 0 aliphatic heterocycles. The van der Waals surface area contributed by atoms with E-state index in [2.05, 4.69) is 10.6 Å². The molecule has 2 aromatic carbocycles. The summed E-state index contributed by atoms with van der Waals surface area (Å²) in [5.41, 5.74) is 0.859. The Morgan fingerprint density at radius 1 is 0.963 bits per heavy atom. The molecule has 2 rings (SSSR count). The van der Waals surface area contributed by atoms with Crippen LogP contribution in [0.2, 0.25) is 0 Å². The summed E-state index contributed by atoms with van der Waals surface area (Å²) < 4.78 is 25.3. The van der Waals surface area contributed by atoms with E-state index >= 15 is 0 Å². The van der Waals surface area contributed by atoms with Gasteiger partial charge in [-0.15, -0.1) is 0 Å². The highest BCUT2D eigenvalue weighted by atomic mass is 16.7. The zero-order valence-corrected chi connectivity index (χ0v) is 15.9. The van der Waals surface area contributed by atoms with Crippen LogP contribution in [0.15, 0.2) is 48.5 Å². The third kappa shape index (κ3) is 8.85. The molecule has 0 saturated carbocycles. The maximum Gasteiger partial charge on any atom is 0.188 e. The number of nitrogens with one attached hydrogen (secondary N) is 2. The van der Waals surface area contributed by atoms with Crippen molar-refractivity contribution in [2.24, 2.45) is 0 Å². The maximum atomic E-state index is 9.85. The monoisotopic (exact) mass is 380 g/mol. The number of phenols is 1. The van der Waals surface area contributed by atoms with E-state index in [1.165, 1.54) is 19.2 Å². The first-order valence-corrected chi connectivity index (χ1v) is 8.42. The first-order valence-electron chi connectivity index (χ1n) is 9.42. The number of ether oxygens (including phenoxy) is 2. The molecule has 0 aromatic heterocycles. The van der Waals surface area contributed by atoms with Gasteiger partial charge in [0.1, 0.15) is 11.5 Å². The molecule has 0 fully saturated rings. The molecular weight excluding hydrogens is 348 g/mol. The Hall–Kier alpha value is -2.16. The summed E-state index contributed by atoms with van der Waals surface area (Å²) in [5.74, 6) is 0.625. The Morgan fingerprint density at radius 3 is 2.04 bits per heavy atom. The Morgan fingerprint density at radius 2 is 1.52 bits per heavy atom. The van der Waals surface area contributed by atoms with Crippen molar-refractivity contribution >= 4 is 0 Å². The summed E-state index contributed by atoms with van der Waals surface area (Å²) >= 11 is 0. The van der Waals surface area contributed by atoms with Crippen LogP contribution in [0.1, 0.15) is 26.0 Å². The molecule has 2 aromatic rings. The van der Waals surface area contributed by atoms with E-state index < -0.39 is 12.2 Å². The lowest BCUT2D eigenvalue weighted by molar-refractivity contribution is 0.0508. The number of hydrogen-bond donors (Lipinski definition) is 5. The summed E-state index contributed by atoms with van der Waals surface area (Å²) in [6.07, 6.45) is -3.34. The van der Waals surface area contributed by atoms with Gasteiger partial charge in [0, 0.05) is 20.2 Å². The summed E-state index contributed by atoms with van der Waals surface area (Å²) in [4.78, 5) is 0. The Labute approximate surface area is 163 Å². The SMILES string of the molecule is [2H]C(O)(CNC)c1cccc(O)c1.[2H]C(O)(CNC)c1cccc(OCOC)c1. The molecule has 0 spiro atoms. The largest absolute Gasteiger partial charge is 0.508 e. The minimum absolute atomic E-state index is 0.0549. The minimum Gasteiger partial charge on any atom is -0.508 e. The lowest BCUT2D eigenvalue weighted by Gasteiger charge is -2.12. The second kappa shape index (κ2) is 13.1. The molecule has 0 aliphatic carbocycles. The molecule has 2 atom stereocenters. The van der Waals surface area contributed by atoms with Gasteiger partial charge >= 0.3 is 0 Å². The Balaban J connectivity index is 0.000000296. The van der Waals surface area contributed by atoms with Crippen molar-refractivity contribution in [3.8, 4) is 11.5 Å². The molecule has 0 bridgehead atoms. The molecule has 2 unspecified atom stereocenters. The van der Waals surface area contributed by atoms with E-state index in [1.54, 1.807) is 50.5 Å². The molecular formula is C20H30N2O5. The molecule has 0 saturated heterocycles. The number of aliphatic hydroxyl groups is 2. The van der Waals surface area contributed by atoms with Crippen molar-refractivity contribution in [1.82, 2.24) is 10.6 Å². The number of benzene rings is 2. The lowest BCUT2D eigenvalue weighted by atomic mass is 10.1. The standard InChI is InChI=1S/C11H17NO3.C9H13NO2/c1-12-7-11(13)9-4-3-5-10(6-9)15-8-14-2;1-10-6-9(12)7-3-2-4-8(11)5-7/h3-6,11-13H,7-8H2,1-2H3;2-5,9-12H,6H2,1H3/i11D;9D. The molecule has 5 N–H and O–H groups in total. The van der Waals surface area contributed by atoms with Crippen LogP contribution in [0, 0.1) is 0 Å². The Kier molecular flexibility index (Phi) is 9.49. The van der Waals surface area contributed by atoms with Crippen LogP contribution in [0.4, 0.5) is 0 Å². The average Bonchev–Trinajstić information content (AvgIpc) is 2.67. The van der Waals surface area contributed by atoms with Crippen LogP contribution < -0.4 is 15.4 Å². The minimum atomic E-state index is -1.69. The maximum absolute atomic E-state index is 9.85. The molecule has 7 nitrogen and oxygen atoms in total. The number of aromatic hydroxyl groups is 1. The van der Waals surface area contributed by atoms with Gasteiger partial charge in [0.25, 0.3) is 0 Å². The molecule has 0 heterocycles. The fourth-order valence-corrected chi connectivity index (χ4v) is 2.12. The van der Waals surface area contributed by atoms with Crippen LogP contribution in [-0.2, 0) is 4.74 Å². The van der Waals surface area contributed by atoms with Crippen molar-refractivity contribution in [2.45, 2.75) is 12.2 Å². The van der Waals surface area contributed by atoms with E-state index in [0.717, 1.165) is 0 Å². The summed E-state index contributed by atoms with van der Waals surface area (Å²) in [7, 11) is 4.87. The lowest BCUT2D eigenvalue weighted by Crippen LogP contribution is -2.16. The fraction of sp³-hybridized carbons (Fsp3) is 0.400.